The molecule has 12 rings (SSSR count). The van der Waals surface area contributed by atoms with Crippen LogP contribution in [-0.2, 0) is 25.7 Å². The van der Waals surface area contributed by atoms with Gasteiger partial charge < -0.3 is 57.9 Å². The topological polar surface area (TPSA) is 379 Å². The Balaban J connectivity index is 0.000000166. The van der Waals surface area contributed by atoms with Gasteiger partial charge in [-0.15, -0.1) is 0 Å². The Morgan fingerprint density at radius 2 is 0.685 bits per heavy atom. The predicted octanol–water partition coefficient (Wildman–Crippen LogP) is 13.3. The van der Waals surface area contributed by atoms with E-state index < -0.39 is 0 Å². The fourth-order valence-electron chi connectivity index (χ4n) is 14.1. The number of nitrogens with zero attached hydrogens (tertiary/aromatic N) is 13. The molecular formula is C84H105N21O3. The minimum atomic E-state index is -0.0365. The summed E-state index contributed by atoms with van der Waals surface area (Å²) in [6.45, 7) is 24.7. The molecule has 8 aromatic rings. The number of anilines is 8. The lowest BCUT2D eigenvalue weighted by atomic mass is 9.59. The van der Waals surface area contributed by atoms with Gasteiger partial charge >= 0.3 is 0 Å². The van der Waals surface area contributed by atoms with Gasteiger partial charge in [0.15, 0.2) is 0 Å². The molecule has 0 aliphatic heterocycles. The average Bonchev–Trinajstić information content (AvgIpc) is 0.774. The third-order valence-electron chi connectivity index (χ3n) is 22.1. The number of hydrogen-bond donors (Lipinski definition) is 11. The van der Waals surface area contributed by atoms with Crippen LogP contribution in [0.15, 0.2) is 122 Å². The number of aromatic nitrogens is 8. The molecule has 0 amide bonds. The summed E-state index contributed by atoms with van der Waals surface area (Å²) < 4.78 is 0. The smallest absolute Gasteiger partial charge is 0.224 e. The Morgan fingerprint density at radius 1 is 0.389 bits per heavy atom. The fraction of sp³-hybridized carbons (Fsp3) is 0.464. The Bertz CT molecular complexity index is 4170. The number of hydrogen-bond acceptors (Lipinski definition) is 24. The average molecular weight is 1460 g/mol. The molecule has 0 unspecified atom stereocenters. The number of nitriles is 5. The van der Waals surface area contributed by atoms with E-state index >= 15 is 0 Å². The molecule has 0 spiro atoms. The van der Waals surface area contributed by atoms with Gasteiger partial charge in [0.2, 0.25) is 23.8 Å². The van der Waals surface area contributed by atoms with Crippen molar-refractivity contribution in [1.82, 2.24) is 39.9 Å². The van der Waals surface area contributed by atoms with Gasteiger partial charge in [-0.05, 0) is 166 Å². The molecule has 0 radical (unpaired) electrons. The van der Waals surface area contributed by atoms with E-state index in [1.807, 2.05) is 24.3 Å². The van der Waals surface area contributed by atoms with Gasteiger partial charge in [-0.25, -0.2) is 19.9 Å². The summed E-state index contributed by atoms with van der Waals surface area (Å²) in [7, 11) is 0. The summed E-state index contributed by atoms with van der Waals surface area (Å²) in [5.74, 6) is 5.95. The third-order valence-corrected chi connectivity index (χ3v) is 22.1. The lowest BCUT2D eigenvalue weighted by Gasteiger charge is -2.52. The summed E-state index contributed by atoms with van der Waals surface area (Å²) in [5, 5.41) is 101. The van der Waals surface area contributed by atoms with Crippen molar-refractivity contribution in [2.24, 2.45) is 39.9 Å². The van der Waals surface area contributed by atoms with Crippen molar-refractivity contribution >= 4 is 47.1 Å². The van der Waals surface area contributed by atoms with Gasteiger partial charge in [-0.2, -0.15) is 46.2 Å². The highest BCUT2D eigenvalue weighted by molar-refractivity contribution is 5.58. The first kappa shape index (κ1) is 81.0. The zero-order valence-electron chi connectivity index (χ0n) is 64.0. The molecule has 4 fully saturated rings. The minimum Gasteiger partial charge on any atom is -0.396 e. The van der Waals surface area contributed by atoms with Crippen LogP contribution in [0, 0.1) is 117 Å². The molecule has 4 aromatic carbocycles. The Morgan fingerprint density at radius 3 is 0.954 bits per heavy atom. The van der Waals surface area contributed by atoms with Crippen molar-refractivity contribution in [3.8, 4) is 30.3 Å². The maximum atomic E-state index is 9.44. The number of aliphatic hydroxyl groups excluding tert-OH is 3. The molecule has 11 N–H and O–H groups in total. The molecule has 6 atom stereocenters. The maximum Gasteiger partial charge on any atom is 0.224 e. The normalized spacial score (nSPS) is 20.0. The van der Waals surface area contributed by atoms with Crippen molar-refractivity contribution in [3.63, 3.8) is 0 Å². The van der Waals surface area contributed by atoms with Crippen molar-refractivity contribution in [1.29, 1.82) is 26.3 Å². The summed E-state index contributed by atoms with van der Waals surface area (Å²) in [6, 6.07) is 44.5. The van der Waals surface area contributed by atoms with Crippen LogP contribution >= 0.6 is 0 Å². The molecule has 24 heteroatoms. The van der Waals surface area contributed by atoms with E-state index in [1.54, 1.807) is 24.8 Å². The van der Waals surface area contributed by atoms with Gasteiger partial charge in [-0.3, -0.25) is 0 Å². The maximum absolute atomic E-state index is 9.44. The van der Waals surface area contributed by atoms with E-state index in [-0.39, 0.29) is 71.9 Å². The molecule has 24 nitrogen and oxygen atoms in total. The minimum absolute atomic E-state index is 0.0365. The first-order chi connectivity index (χ1) is 52.0. The van der Waals surface area contributed by atoms with Crippen LogP contribution in [0.25, 0.3) is 0 Å². The molecule has 564 valence electrons. The SMILES string of the molecule is CC1CCC(Nc2nc(NCCc3ccc(C#N)cc3)ncc2C#N)CC1.Cc1cccc(CCNc2ncc(C#N)c(N[C@@H]3C[C@@H](CO)C3(C)C)n2)c1.Cc1cccc(CCNc2ncc(C#N)c(N[C@@H]3C[C@H](CO)C3(C)C)n2)c1.Cc1cccc(CCNc2ncc(C#N)c(N[C@H]3C[C@@H](CO)C3(C)C)n2)c1. The van der Waals surface area contributed by atoms with Gasteiger partial charge in [0.1, 0.15) is 69.8 Å². The lowest BCUT2D eigenvalue weighted by molar-refractivity contribution is 0.00437. The highest BCUT2D eigenvalue weighted by atomic mass is 16.3. The highest BCUT2D eigenvalue weighted by Gasteiger charge is 2.50. The van der Waals surface area contributed by atoms with Crippen molar-refractivity contribution < 1.29 is 15.3 Å². The predicted molar refractivity (Wildman–Crippen MR) is 425 cm³/mol. The monoisotopic (exact) mass is 1460 g/mol. The van der Waals surface area contributed by atoms with E-state index in [0.29, 0.717) is 87.5 Å². The van der Waals surface area contributed by atoms with Crippen LogP contribution < -0.4 is 42.5 Å². The molecular weight excluding hydrogens is 1350 g/mol. The van der Waals surface area contributed by atoms with E-state index in [9.17, 15) is 36.4 Å². The van der Waals surface area contributed by atoms with Gasteiger partial charge in [0, 0.05) is 70.2 Å². The standard InChI is InChI=1S/C21H24N6.3C21H27N5O/c1-15-2-8-19(9-3-15)26-20-18(13-23)14-25-21(27-20)24-11-10-16-4-6-17(12-22)7-5-16;3*1-14-5-4-6-15(9-14)7-8-23-20-24-12-16(11-22)19(26-20)25-18-10-17(13-27)21(18,2)3/h4-7,14-15,19H,2-3,8-11H2,1H3,(H2,24,25,26,27);3*4-6,9,12,17-18,27H,7-8,10,13H2,1-3H3,(H2,23,24,25,26)/t;17-,18+;2*17-,18-/m.010/s1. The largest absolute Gasteiger partial charge is 0.396 e. The lowest BCUT2D eigenvalue weighted by Crippen LogP contribution is -2.54. The Kier molecular flexibility index (Phi) is 28.8. The first-order valence-electron chi connectivity index (χ1n) is 37.6. The number of aliphatic hydroxyl groups is 3. The van der Waals surface area contributed by atoms with Gasteiger partial charge in [-0.1, -0.05) is 150 Å². The number of nitrogens with one attached hydrogen (secondary N) is 8. The van der Waals surface area contributed by atoms with Crippen LogP contribution in [0.3, 0.4) is 0 Å². The summed E-state index contributed by atoms with van der Waals surface area (Å²) in [6.07, 6.45) is 16.9. The molecule has 4 aliphatic carbocycles. The molecule has 4 aromatic heterocycles. The number of benzene rings is 4. The van der Waals surface area contributed by atoms with Crippen LogP contribution in [0.2, 0.25) is 0 Å². The van der Waals surface area contributed by atoms with E-state index in [0.717, 1.165) is 88.9 Å². The number of aryl methyl sites for hydroxylation is 3. The molecule has 4 heterocycles. The quantitative estimate of drug-likeness (QED) is 0.0228. The number of rotatable bonds is 27. The summed E-state index contributed by atoms with van der Waals surface area (Å²) in [4.78, 5) is 35.1. The fourth-order valence-corrected chi connectivity index (χ4v) is 14.1. The van der Waals surface area contributed by atoms with E-state index in [1.165, 1.54) is 46.2 Å². The zero-order chi connectivity index (χ0) is 77.4. The molecule has 0 bridgehead atoms. The highest BCUT2D eigenvalue weighted by Crippen LogP contribution is 2.49. The second kappa shape index (κ2) is 38.5. The van der Waals surface area contributed by atoms with E-state index in [4.69, 9.17) is 5.26 Å². The first-order valence-corrected chi connectivity index (χ1v) is 37.6. The van der Waals surface area contributed by atoms with Crippen LogP contribution in [-0.4, -0.2) is 125 Å². The van der Waals surface area contributed by atoms with Crippen molar-refractivity contribution in [2.45, 2.75) is 164 Å². The Hall–Kier alpha value is -11.1. The van der Waals surface area contributed by atoms with E-state index in [2.05, 4.69) is 255 Å². The molecule has 0 saturated heterocycles. The molecule has 4 aliphatic rings. The summed E-state index contributed by atoms with van der Waals surface area (Å²) in [5.41, 5.74) is 11.0. The van der Waals surface area contributed by atoms with Crippen LogP contribution in [0.5, 0.6) is 0 Å². The third kappa shape index (κ3) is 22.0. The van der Waals surface area contributed by atoms with Gasteiger partial charge in [0.25, 0.3) is 0 Å². The van der Waals surface area contributed by atoms with Gasteiger partial charge in [0.05, 0.1) is 36.4 Å². The second-order valence-corrected chi connectivity index (χ2v) is 30.8. The zero-order valence-corrected chi connectivity index (χ0v) is 64.0. The molecule has 108 heavy (non-hydrogen) atoms. The van der Waals surface area contributed by atoms with Crippen molar-refractivity contribution in [3.05, 3.63) is 189 Å². The second-order valence-electron chi connectivity index (χ2n) is 30.8. The Labute approximate surface area is 636 Å². The van der Waals surface area contributed by atoms with Crippen LogP contribution in [0.4, 0.5) is 47.1 Å². The van der Waals surface area contributed by atoms with Crippen LogP contribution in [0.1, 0.15) is 160 Å². The van der Waals surface area contributed by atoms with Crippen molar-refractivity contribution in [2.75, 3.05) is 88.5 Å². The summed E-state index contributed by atoms with van der Waals surface area (Å²) >= 11 is 0. The molecule has 4 saturated carbocycles.